The average molecular weight is 353 g/mol. The zero-order valence-electron chi connectivity index (χ0n) is 14.0. The molecule has 1 amide bonds. The number of oxazole rings is 1. The summed E-state index contributed by atoms with van der Waals surface area (Å²) in [5.74, 6) is 1.61. The lowest BCUT2D eigenvalue weighted by Crippen LogP contribution is -2.50. The average Bonchev–Trinajstić information content (AvgIpc) is 3.26. The first-order chi connectivity index (χ1) is 12.2. The minimum absolute atomic E-state index is 0.122. The van der Waals surface area contributed by atoms with Crippen LogP contribution in [0.2, 0.25) is 0 Å². The second kappa shape index (κ2) is 6.82. The molecule has 0 radical (unpaired) electrons. The molecule has 0 bridgehead atoms. The van der Waals surface area contributed by atoms with Crippen molar-refractivity contribution < 1.29 is 9.21 Å². The van der Waals surface area contributed by atoms with E-state index in [2.05, 4.69) is 9.88 Å². The number of para-hydroxylation sites is 1. The molecule has 6 heteroatoms. The van der Waals surface area contributed by atoms with Crippen molar-refractivity contribution in [1.29, 1.82) is 0 Å². The number of carbonyl (C=O) groups is 1. The zero-order valence-corrected chi connectivity index (χ0v) is 14.8. The van der Waals surface area contributed by atoms with Crippen molar-refractivity contribution in [3.8, 4) is 10.8 Å². The molecule has 5 nitrogen and oxygen atoms in total. The quantitative estimate of drug-likeness (QED) is 0.720. The highest BCUT2D eigenvalue weighted by molar-refractivity contribution is 7.13. The van der Waals surface area contributed by atoms with Crippen molar-refractivity contribution in [2.75, 3.05) is 24.5 Å². The van der Waals surface area contributed by atoms with Crippen LogP contribution in [0.1, 0.15) is 11.5 Å². The van der Waals surface area contributed by atoms with Gasteiger partial charge in [0.2, 0.25) is 11.8 Å². The molecule has 1 saturated heterocycles. The molecule has 1 aromatic carbocycles. The maximum atomic E-state index is 12.5. The summed E-state index contributed by atoms with van der Waals surface area (Å²) in [6.45, 7) is 4.48. The van der Waals surface area contributed by atoms with Gasteiger partial charge in [-0.2, -0.15) is 0 Å². The van der Waals surface area contributed by atoms with Gasteiger partial charge in [-0.3, -0.25) is 9.69 Å². The molecule has 1 aliphatic heterocycles. The van der Waals surface area contributed by atoms with E-state index < -0.39 is 0 Å². The first-order valence-electron chi connectivity index (χ1n) is 8.28. The molecule has 1 fully saturated rings. The number of benzene rings is 1. The van der Waals surface area contributed by atoms with Crippen LogP contribution in [0.25, 0.3) is 10.8 Å². The summed E-state index contributed by atoms with van der Waals surface area (Å²) in [4.78, 5) is 22.1. The van der Waals surface area contributed by atoms with Crippen molar-refractivity contribution in [1.82, 2.24) is 9.88 Å². The minimum Gasteiger partial charge on any atom is -0.440 e. The Bertz CT molecular complexity index is 858. The molecule has 0 spiro atoms. The highest BCUT2D eigenvalue weighted by Gasteiger charge is 2.26. The van der Waals surface area contributed by atoms with E-state index in [1.807, 2.05) is 59.7 Å². The van der Waals surface area contributed by atoms with Crippen LogP contribution in [-0.2, 0) is 11.3 Å². The van der Waals surface area contributed by atoms with Gasteiger partial charge in [0.05, 0.1) is 17.1 Å². The molecule has 0 aliphatic carbocycles. The van der Waals surface area contributed by atoms with Gasteiger partial charge in [-0.1, -0.05) is 24.3 Å². The second-order valence-corrected chi connectivity index (χ2v) is 7.04. The van der Waals surface area contributed by atoms with Gasteiger partial charge in [0.15, 0.2) is 0 Å². The largest absolute Gasteiger partial charge is 0.440 e. The van der Waals surface area contributed by atoms with E-state index in [0.29, 0.717) is 25.5 Å². The molecule has 25 heavy (non-hydrogen) atoms. The number of hydrogen-bond acceptors (Lipinski definition) is 5. The maximum absolute atomic E-state index is 12.5. The maximum Gasteiger partial charge on any atom is 0.241 e. The fourth-order valence-corrected chi connectivity index (χ4v) is 3.68. The highest BCUT2D eigenvalue weighted by atomic mass is 32.1. The van der Waals surface area contributed by atoms with Gasteiger partial charge in [-0.25, -0.2) is 4.98 Å². The first kappa shape index (κ1) is 16.1. The zero-order chi connectivity index (χ0) is 17.2. The molecule has 0 N–H and O–H groups in total. The van der Waals surface area contributed by atoms with Gasteiger partial charge in [-0.05, 0) is 30.5 Å². The Kier molecular flexibility index (Phi) is 4.38. The Morgan fingerprint density at radius 2 is 2.00 bits per heavy atom. The topological polar surface area (TPSA) is 49.6 Å². The predicted octanol–water partition coefficient (Wildman–Crippen LogP) is 3.56. The van der Waals surface area contributed by atoms with Crippen LogP contribution in [0, 0.1) is 6.92 Å². The molecule has 1 aliphatic rings. The van der Waals surface area contributed by atoms with Crippen LogP contribution in [-0.4, -0.2) is 35.4 Å². The van der Waals surface area contributed by atoms with Gasteiger partial charge in [0, 0.05) is 25.3 Å². The number of piperazine rings is 1. The molecule has 3 aromatic rings. The third-order valence-electron chi connectivity index (χ3n) is 4.37. The van der Waals surface area contributed by atoms with Crippen molar-refractivity contribution >= 4 is 22.9 Å². The fourth-order valence-electron chi connectivity index (χ4n) is 3.03. The van der Waals surface area contributed by atoms with Crippen LogP contribution in [0.15, 0.2) is 52.3 Å². The molecule has 0 atom stereocenters. The third kappa shape index (κ3) is 3.36. The summed E-state index contributed by atoms with van der Waals surface area (Å²) in [7, 11) is 0. The second-order valence-electron chi connectivity index (χ2n) is 6.09. The molecule has 128 valence electrons. The van der Waals surface area contributed by atoms with E-state index in [1.165, 1.54) is 0 Å². The van der Waals surface area contributed by atoms with Crippen LogP contribution in [0.3, 0.4) is 0 Å². The highest BCUT2D eigenvalue weighted by Crippen LogP contribution is 2.27. The predicted molar refractivity (Wildman–Crippen MR) is 98.6 cm³/mol. The van der Waals surface area contributed by atoms with Crippen LogP contribution < -0.4 is 4.90 Å². The number of aromatic nitrogens is 1. The number of aryl methyl sites for hydroxylation is 1. The Morgan fingerprint density at radius 1 is 1.16 bits per heavy atom. The number of nitrogens with zero attached hydrogens (tertiary/aromatic N) is 3. The van der Waals surface area contributed by atoms with Crippen molar-refractivity contribution in [2.45, 2.75) is 13.5 Å². The van der Waals surface area contributed by atoms with E-state index >= 15 is 0 Å². The van der Waals surface area contributed by atoms with E-state index in [9.17, 15) is 4.79 Å². The lowest BCUT2D eigenvalue weighted by Gasteiger charge is -2.34. The minimum atomic E-state index is 0.122. The van der Waals surface area contributed by atoms with Crippen molar-refractivity contribution in [2.24, 2.45) is 0 Å². The van der Waals surface area contributed by atoms with Gasteiger partial charge in [-0.15, -0.1) is 11.3 Å². The Balaban J connectivity index is 1.44. The van der Waals surface area contributed by atoms with Gasteiger partial charge >= 0.3 is 0 Å². The SMILES string of the molecule is Cc1oc(-c2cccs2)nc1CN1CCN(c2ccccc2)C(=O)C1. The third-order valence-corrected chi connectivity index (χ3v) is 5.22. The summed E-state index contributed by atoms with van der Waals surface area (Å²) in [6, 6.07) is 13.8. The molecule has 3 heterocycles. The molecule has 0 saturated carbocycles. The molecular formula is C19H19N3O2S. The summed E-state index contributed by atoms with van der Waals surface area (Å²) in [5.41, 5.74) is 1.87. The molecule has 0 unspecified atom stereocenters. The van der Waals surface area contributed by atoms with Gasteiger partial charge < -0.3 is 9.32 Å². The lowest BCUT2D eigenvalue weighted by molar-refractivity contribution is -0.121. The van der Waals surface area contributed by atoms with Crippen molar-refractivity contribution in [3.05, 3.63) is 59.3 Å². The number of amides is 1. The number of hydrogen-bond donors (Lipinski definition) is 0. The van der Waals surface area contributed by atoms with E-state index in [4.69, 9.17) is 4.42 Å². The van der Waals surface area contributed by atoms with E-state index in [0.717, 1.165) is 28.6 Å². The Morgan fingerprint density at radius 3 is 2.72 bits per heavy atom. The van der Waals surface area contributed by atoms with Crippen molar-refractivity contribution in [3.63, 3.8) is 0 Å². The monoisotopic (exact) mass is 353 g/mol. The molecule has 4 rings (SSSR count). The lowest BCUT2D eigenvalue weighted by atomic mass is 10.2. The Hall–Kier alpha value is -2.44. The fraction of sp³-hybridized carbons (Fsp3) is 0.263. The number of rotatable bonds is 4. The number of carbonyl (C=O) groups excluding carboxylic acids is 1. The molecular weight excluding hydrogens is 334 g/mol. The van der Waals surface area contributed by atoms with Crippen LogP contribution >= 0.6 is 11.3 Å². The van der Waals surface area contributed by atoms with Gasteiger partial charge in [0.25, 0.3) is 0 Å². The first-order valence-corrected chi connectivity index (χ1v) is 9.16. The molecule has 2 aromatic heterocycles. The standard InChI is InChI=1S/C19H19N3O2S/c1-14-16(20-19(24-14)17-8-5-11-25-17)12-21-9-10-22(18(23)13-21)15-6-3-2-4-7-15/h2-8,11H,9-10,12-13H2,1H3. The summed E-state index contributed by atoms with van der Waals surface area (Å²) >= 11 is 1.61. The number of thiophene rings is 1. The summed E-state index contributed by atoms with van der Waals surface area (Å²) in [5, 5.41) is 2.01. The van der Waals surface area contributed by atoms with Crippen LogP contribution in [0.4, 0.5) is 5.69 Å². The van der Waals surface area contributed by atoms with E-state index in [1.54, 1.807) is 11.3 Å². The summed E-state index contributed by atoms with van der Waals surface area (Å²) in [6.07, 6.45) is 0. The smallest absolute Gasteiger partial charge is 0.241 e. The van der Waals surface area contributed by atoms with Gasteiger partial charge in [0.1, 0.15) is 5.76 Å². The Labute approximate surface area is 150 Å². The normalized spacial score (nSPS) is 15.7. The van der Waals surface area contributed by atoms with Crippen LogP contribution in [0.5, 0.6) is 0 Å². The van der Waals surface area contributed by atoms with E-state index in [-0.39, 0.29) is 5.91 Å². The number of anilines is 1. The summed E-state index contributed by atoms with van der Waals surface area (Å²) < 4.78 is 5.80.